The van der Waals surface area contributed by atoms with Crippen LogP contribution < -0.4 is 14.8 Å². The van der Waals surface area contributed by atoms with Gasteiger partial charge in [0.25, 0.3) is 10.0 Å². The van der Waals surface area contributed by atoms with E-state index in [0.29, 0.717) is 12.2 Å². The van der Waals surface area contributed by atoms with E-state index in [0.717, 1.165) is 39.2 Å². The molecular formula is C33H37BrN4O5S. The molecule has 0 radical (unpaired) electrons. The Morgan fingerprint density at radius 3 is 2.27 bits per heavy atom. The Morgan fingerprint density at radius 2 is 1.64 bits per heavy atom. The number of sulfonamides is 1. The molecule has 1 atom stereocenters. The van der Waals surface area contributed by atoms with Crippen molar-refractivity contribution < 1.29 is 23.1 Å². The third-order valence-electron chi connectivity index (χ3n) is 6.86. The van der Waals surface area contributed by atoms with Gasteiger partial charge in [0.1, 0.15) is 6.61 Å². The van der Waals surface area contributed by atoms with Crippen molar-refractivity contribution in [1.29, 1.82) is 0 Å². The maximum absolute atomic E-state index is 13.3. The van der Waals surface area contributed by atoms with Gasteiger partial charge in [-0.05, 0) is 72.7 Å². The van der Waals surface area contributed by atoms with Gasteiger partial charge in [-0.3, -0.25) is 0 Å². The summed E-state index contributed by atoms with van der Waals surface area (Å²) in [5, 5.41) is 12.9. The Hall–Kier alpha value is -3.80. The van der Waals surface area contributed by atoms with Crippen LogP contribution >= 0.6 is 15.9 Å². The quantitative estimate of drug-likeness (QED) is 0.146. The standard InChI is InChI=1S/C33H37BrN4O5S/c1-21-8-6-9-22(2)30(21)28-17-29(37-32(36-28)38-44(41,42)27-11-7-10-24(16-27)31(39)40)43-20-26(18-33(3,4)5)35-19-23-12-14-25(34)15-13-23/h6-17,26,35H,18-20H2,1-5H3,(H,39,40)(H,36,37,38)/t26-/m1/s1. The topological polar surface area (TPSA) is 131 Å². The Balaban J connectivity index is 1.65. The van der Waals surface area contributed by atoms with Crippen LogP contribution in [0.1, 0.15) is 54.2 Å². The zero-order valence-corrected chi connectivity index (χ0v) is 27.8. The number of carboxylic acid groups (broad SMARTS) is 1. The molecule has 0 saturated carbocycles. The molecule has 0 bridgehead atoms. The van der Waals surface area contributed by atoms with Crippen molar-refractivity contribution >= 4 is 37.9 Å². The van der Waals surface area contributed by atoms with Gasteiger partial charge in [0, 0.05) is 28.7 Å². The van der Waals surface area contributed by atoms with Gasteiger partial charge in [0.05, 0.1) is 16.2 Å². The van der Waals surface area contributed by atoms with E-state index in [1.165, 1.54) is 18.2 Å². The number of halogens is 1. The Kier molecular flexibility index (Phi) is 10.4. The fourth-order valence-corrected chi connectivity index (χ4v) is 6.10. The predicted octanol–water partition coefficient (Wildman–Crippen LogP) is 7.00. The molecule has 0 aliphatic carbocycles. The summed E-state index contributed by atoms with van der Waals surface area (Å²) in [5.74, 6) is -1.21. The van der Waals surface area contributed by atoms with Crippen LogP contribution in [0.5, 0.6) is 5.88 Å². The summed E-state index contributed by atoms with van der Waals surface area (Å²) in [6.45, 7) is 11.3. The number of aromatic carboxylic acids is 1. The first-order chi connectivity index (χ1) is 20.7. The number of nitrogens with one attached hydrogen (secondary N) is 2. The maximum Gasteiger partial charge on any atom is 0.335 e. The van der Waals surface area contributed by atoms with Crippen molar-refractivity contribution in [2.75, 3.05) is 11.3 Å². The first-order valence-electron chi connectivity index (χ1n) is 14.1. The summed E-state index contributed by atoms with van der Waals surface area (Å²) in [7, 11) is -4.21. The number of rotatable bonds is 12. The number of aromatic nitrogens is 2. The zero-order chi connectivity index (χ0) is 32.1. The Labute approximate surface area is 267 Å². The van der Waals surface area contributed by atoms with Crippen LogP contribution in [0, 0.1) is 19.3 Å². The number of hydrogen-bond donors (Lipinski definition) is 3. The molecular weight excluding hydrogens is 644 g/mol. The van der Waals surface area contributed by atoms with E-state index in [-0.39, 0.29) is 40.4 Å². The van der Waals surface area contributed by atoms with E-state index >= 15 is 0 Å². The highest BCUT2D eigenvalue weighted by Gasteiger charge is 2.22. The molecule has 0 fully saturated rings. The van der Waals surface area contributed by atoms with E-state index in [1.54, 1.807) is 6.07 Å². The lowest BCUT2D eigenvalue weighted by molar-refractivity contribution is 0.0696. The number of carbonyl (C=O) groups is 1. The molecule has 4 aromatic rings. The number of aryl methyl sites for hydroxylation is 2. The minimum atomic E-state index is -4.21. The number of benzene rings is 3. The lowest BCUT2D eigenvalue weighted by atomic mass is 9.88. The van der Waals surface area contributed by atoms with E-state index < -0.39 is 16.0 Å². The number of ether oxygens (including phenoxy) is 1. The van der Waals surface area contributed by atoms with Gasteiger partial charge < -0.3 is 15.2 Å². The van der Waals surface area contributed by atoms with Gasteiger partial charge in [0.15, 0.2) is 0 Å². The van der Waals surface area contributed by atoms with Crippen molar-refractivity contribution in [2.24, 2.45) is 5.41 Å². The molecule has 0 aliphatic heterocycles. The van der Waals surface area contributed by atoms with Crippen LogP contribution in [0.2, 0.25) is 0 Å². The normalized spacial score (nSPS) is 12.5. The van der Waals surface area contributed by atoms with Crippen LogP contribution in [0.3, 0.4) is 0 Å². The lowest BCUT2D eigenvalue weighted by Gasteiger charge is -2.27. The van der Waals surface area contributed by atoms with Gasteiger partial charge in [-0.25, -0.2) is 22.9 Å². The predicted molar refractivity (Wildman–Crippen MR) is 175 cm³/mol. The van der Waals surface area contributed by atoms with E-state index in [2.05, 4.69) is 68.8 Å². The molecule has 0 unspecified atom stereocenters. The minimum Gasteiger partial charge on any atom is -0.478 e. The van der Waals surface area contributed by atoms with Crippen LogP contribution in [0.15, 0.2) is 82.2 Å². The lowest BCUT2D eigenvalue weighted by Crippen LogP contribution is -2.37. The molecule has 0 saturated heterocycles. The average molecular weight is 682 g/mol. The second-order valence-corrected chi connectivity index (χ2v) is 14.5. The van der Waals surface area contributed by atoms with Crippen LogP contribution in [0.25, 0.3) is 11.3 Å². The van der Waals surface area contributed by atoms with Gasteiger partial charge in [-0.2, -0.15) is 4.98 Å². The Morgan fingerprint density at radius 1 is 0.977 bits per heavy atom. The third-order valence-corrected chi connectivity index (χ3v) is 8.71. The molecule has 0 aliphatic rings. The highest BCUT2D eigenvalue weighted by atomic mass is 79.9. The van der Waals surface area contributed by atoms with Crippen molar-refractivity contribution in [3.8, 4) is 17.1 Å². The van der Waals surface area contributed by atoms with Gasteiger partial charge >= 0.3 is 5.97 Å². The number of nitrogens with zero attached hydrogens (tertiary/aromatic N) is 2. The smallest absolute Gasteiger partial charge is 0.335 e. The van der Waals surface area contributed by atoms with Gasteiger partial charge in [0.2, 0.25) is 11.8 Å². The first kappa shape index (κ1) is 33.1. The molecule has 1 heterocycles. The van der Waals surface area contributed by atoms with E-state index in [9.17, 15) is 18.3 Å². The number of carboxylic acids is 1. The zero-order valence-electron chi connectivity index (χ0n) is 25.4. The average Bonchev–Trinajstić information content (AvgIpc) is 2.94. The molecule has 4 rings (SSSR count). The molecule has 44 heavy (non-hydrogen) atoms. The van der Waals surface area contributed by atoms with Crippen LogP contribution in [-0.2, 0) is 16.6 Å². The largest absolute Gasteiger partial charge is 0.478 e. The minimum absolute atomic E-state index is 0.0150. The maximum atomic E-state index is 13.3. The van der Waals surface area contributed by atoms with Crippen molar-refractivity contribution in [3.05, 3.63) is 99.5 Å². The summed E-state index contributed by atoms with van der Waals surface area (Å²) in [6, 6.07) is 20.7. The third kappa shape index (κ3) is 9.10. The van der Waals surface area contributed by atoms with Crippen molar-refractivity contribution in [2.45, 2.75) is 58.5 Å². The molecule has 232 valence electrons. The molecule has 0 amide bonds. The summed E-state index contributed by atoms with van der Waals surface area (Å²) < 4.78 is 36.3. The van der Waals surface area contributed by atoms with Crippen molar-refractivity contribution in [3.63, 3.8) is 0 Å². The summed E-state index contributed by atoms with van der Waals surface area (Å²) >= 11 is 3.47. The molecule has 0 spiro atoms. The van der Waals surface area contributed by atoms with Crippen LogP contribution in [0.4, 0.5) is 5.95 Å². The van der Waals surface area contributed by atoms with E-state index in [1.807, 2.05) is 44.2 Å². The molecule has 3 aromatic carbocycles. The summed E-state index contributed by atoms with van der Waals surface area (Å²) in [6.07, 6.45) is 0.817. The van der Waals surface area contributed by atoms with E-state index in [4.69, 9.17) is 4.74 Å². The Bertz CT molecular complexity index is 1720. The SMILES string of the molecule is Cc1cccc(C)c1-c1cc(OC[C@@H](CC(C)(C)C)NCc2ccc(Br)cc2)nc(NS(=O)(=O)c2cccc(C(=O)O)c2)n1. The highest BCUT2D eigenvalue weighted by molar-refractivity contribution is 9.10. The number of hydrogen-bond acceptors (Lipinski definition) is 7. The second-order valence-electron chi connectivity index (χ2n) is 11.9. The fraction of sp³-hybridized carbons (Fsp3) is 0.303. The molecule has 9 nitrogen and oxygen atoms in total. The molecule has 11 heteroatoms. The second kappa shape index (κ2) is 13.9. The van der Waals surface area contributed by atoms with Crippen molar-refractivity contribution in [1.82, 2.24) is 15.3 Å². The van der Waals surface area contributed by atoms with Crippen LogP contribution in [-0.4, -0.2) is 42.1 Å². The number of anilines is 1. The fourth-order valence-electron chi connectivity index (χ4n) is 4.85. The van der Waals surface area contributed by atoms with Gasteiger partial charge in [-0.15, -0.1) is 0 Å². The monoisotopic (exact) mass is 680 g/mol. The molecule has 1 aromatic heterocycles. The van der Waals surface area contributed by atoms with Gasteiger partial charge in [-0.1, -0.05) is 73.1 Å². The summed E-state index contributed by atoms with van der Waals surface area (Å²) in [5.41, 5.74) is 4.25. The molecule has 3 N–H and O–H groups in total. The first-order valence-corrected chi connectivity index (χ1v) is 16.4. The summed E-state index contributed by atoms with van der Waals surface area (Å²) in [4.78, 5) is 20.2. The highest BCUT2D eigenvalue weighted by Crippen LogP contribution is 2.30.